The van der Waals surface area contributed by atoms with Crippen molar-refractivity contribution in [3.8, 4) is 0 Å². The average Bonchev–Trinajstić information content (AvgIpc) is 2.98. The van der Waals surface area contributed by atoms with Crippen molar-refractivity contribution in [2.24, 2.45) is 0 Å². The molecule has 1 saturated heterocycles. The number of thiophene rings is 1. The second-order valence-electron chi connectivity index (χ2n) is 3.99. The Labute approximate surface area is 124 Å². The van der Waals surface area contributed by atoms with Crippen molar-refractivity contribution in [3.05, 3.63) is 27.1 Å². The van der Waals surface area contributed by atoms with Gasteiger partial charge in [0.15, 0.2) is 0 Å². The van der Waals surface area contributed by atoms with Crippen LogP contribution in [0.15, 0.2) is 12.1 Å². The molecule has 1 fully saturated rings. The summed E-state index contributed by atoms with van der Waals surface area (Å²) < 4.78 is 0. The van der Waals surface area contributed by atoms with Gasteiger partial charge in [0.25, 0.3) is 0 Å². The van der Waals surface area contributed by atoms with Crippen LogP contribution in [0, 0.1) is 10.1 Å². The van der Waals surface area contributed by atoms with Gasteiger partial charge in [0.05, 0.1) is 4.92 Å². The molecule has 2 amide bonds. The number of carboxylic acids is 1. The Hall–Kier alpha value is -2.20. The SMILES string of the molecule is CNC(=O)N1CCNCC1.O=C(O)c1ccc([N+](=O)[O-])s1. The minimum Gasteiger partial charge on any atom is -0.477 e. The van der Waals surface area contributed by atoms with Crippen LogP contribution < -0.4 is 10.6 Å². The molecule has 0 aromatic carbocycles. The minimum atomic E-state index is -1.14. The largest absolute Gasteiger partial charge is 0.477 e. The third kappa shape index (κ3) is 5.36. The van der Waals surface area contributed by atoms with Crippen LogP contribution in [0.1, 0.15) is 9.67 Å². The Morgan fingerprint density at radius 1 is 1.43 bits per heavy atom. The van der Waals surface area contributed by atoms with E-state index in [0.717, 1.165) is 26.2 Å². The molecule has 0 radical (unpaired) electrons. The number of carbonyl (C=O) groups excluding carboxylic acids is 1. The van der Waals surface area contributed by atoms with Crippen molar-refractivity contribution < 1.29 is 19.6 Å². The molecule has 3 N–H and O–H groups in total. The van der Waals surface area contributed by atoms with Gasteiger partial charge in [-0.15, -0.1) is 0 Å². The summed E-state index contributed by atoms with van der Waals surface area (Å²) in [6.45, 7) is 3.46. The predicted octanol–water partition coefficient (Wildman–Crippen LogP) is 0.586. The van der Waals surface area contributed by atoms with Crippen LogP contribution in [0.5, 0.6) is 0 Å². The summed E-state index contributed by atoms with van der Waals surface area (Å²) >= 11 is 0.650. The Balaban J connectivity index is 0.000000211. The van der Waals surface area contributed by atoms with Gasteiger partial charge in [-0.3, -0.25) is 10.1 Å². The van der Waals surface area contributed by atoms with E-state index in [1.54, 1.807) is 11.9 Å². The molecule has 9 nitrogen and oxygen atoms in total. The van der Waals surface area contributed by atoms with E-state index in [4.69, 9.17) is 5.11 Å². The van der Waals surface area contributed by atoms with Crippen LogP contribution in [0.4, 0.5) is 9.80 Å². The molecule has 1 aliphatic heterocycles. The maximum absolute atomic E-state index is 11.0. The van der Waals surface area contributed by atoms with E-state index in [-0.39, 0.29) is 15.9 Å². The molecule has 0 unspecified atom stereocenters. The number of carboxylic acid groups (broad SMARTS) is 1. The molecule has 0 bridgehead atoms. The highest BCUT2D eigenvalue weighted by Gasteiger charge is 2.14. The summed E-state index contributed by atoms with van der Waals surface area (Å²) in [5.74, 6) is -1.14. The van der Waals surface area contributed by atoms with Crippen LogP contribution in [0.25, 0.3) is 0 Å². The van der Waals surface area contributed by atoms with Crippen molar-refractivity contribution in [1.29, 1.82) is 0 Å². The highest BCUT2D eigenvalue weighted by molar-refractivity contribution is 7.17. The monoisotopic (exact) mass is 316 g/mol. The number of nitro groups is 1. The first-order chi connectivity index (χ1) is 9.95. The number of rotatable bonds is 2. The van der Waals surface area contributed by atoms with Crippen LogP contribution in [-0.4, -0.2) is 60.2 Å². The van der Waals surface area contributed by atoms with Crippen LogP contribution in [0.3, 0.4) is 0 Å². The molecular weight excluding hydrogens is 300 g/mol. The Kier molecular flexibility index (Phi) is 6.56. The first kappa shape index (κ1) is 16.9. The fraction of sp³-hybridized carbons (Fsp3) is 0.455. The number of nitrogens with zero attached hydrogens (tertiary/aromatic N) is 2. The van der Waals surface area contributed by atoms with Crippen molar-refractivity contribution in [3.63, 3.8) is 0 Å². The molecule has 21 heavy (non-hydrogen) atoms. The number of nitrogens with one attached hydrogen (secondary N) is 2. The molecule has 1 aliphatic rings. The van der Waals surface area contributed by atoms with Gasteiger partial charge in [0.1, 0.15) is 4.88 Å². The summed E-state index contributed by atoms with van der Waals surface area (Å²) in [5.41, 5.74) is 0. The summed E-state index contributed by atoms with van der Waals surface area (Å²) in [5, 5.41) is 24.0. The average molecular weight is 316 g/mol. The number of urea groups is 1. The maximum atomic E-state index is 11.0. The fourth-order valence-corrected chi connectivity index (χ4v) is 2.23. The summed E-state index contributed by atoms with van der Waals surface area (Å²) in [4.78, 5) is 32.4. The molecule has 1 aromatic rings. The van der Waals surface area contributed by atoms with Gasteiger partial charge in [-0.2, -0.15) is 0 Å². The standard InChI is InChI=1S/C6H13N3O.C5H3NO4S/c1-7-6(10)9-4-2-8-3-5-9;7-5(8)3-1-2-4(11-3)6(9)10/h8H,2-5H2,1H3,(H,7,10);1-2H,(H,7,8). The molecule has 0 atom stereocenters. The lowest BCUT2D eigenvalue weighted by atomic mass is 10.4. The summed E-state index contributed by atoms with van der Waals surface area (Å²) in [6.07, 6.45) is 0. The molecule has 0 saturated carbocycles. The lowest BCUT2D eigenvalue weighted by molar-refractivity contribution is -0.380. The quantitative estimate of drug-likeness (QED) is 0.541. The van der Waals surface area contributed by atoms with Gasteiger partial charge in [-0.1, -0.05) is 11.3 Å². The van der Waals surface area contributed by atoms with Gasteiger partial charge < -0.3 is 20.6 Å². The fourth-order valence-electron chi connectivity index (χ4n) is 1.57. The Bertz CT molecular complexity index is 484. The van der Waals surface area contributed by atoms with Crippen molar-refractivity contribution in [2.75, 3.05) is 33.2 Å². The number of carbonyl (C=O) groups is 2. The second-order valence-corrected chi connectivity index (χ2v) is 5.05. The summed E-state index contributed by atoms with van der Waals surface area (Å²) in [6, 6.07) is 2.42. The lowest BCUT2D eigenvalue weighted by Gasteiger charge is -2.26. The van der Waals surface area contributed by atoms with Crippen molar-refractivity contribution >= 4 is 28.3 Å². The van der Waals surface area contributed by atoms with Gasteiger partial charge in [-0.05, 0) is 6.07 Å². The first-order valence-electron chi connectivity index (χ1n) is 6.10. The van der Waals surface area contributed by atoms with E-state index in [0.29, 0.717) is 11.3 Å². The zero-order valence-corrected chi connectivity index (χ0v) is 12.2. The zero-order chi connectivity index (χ0) is 15.8. The van der Waals surface area contributed by atoms with Crippen LogP contribution in [-0.2, 0) is 0 Å². The number of aromatic carboxylic acids is 1. The highest BCUT2D eigenvalue weighted by atomic mass is 32.1. The van der Waals surface area contributed by atoms with E-state index in [1.807, 2.05) is 0 Å². The topological polar surface area (TPSA) is 125 Å². The second kappa shape index (κ2) is 8.17. The zero-order valence-electron chi connectivity index (χ0n) is 11.4. The van der Waals surface area contributed by atoms with Gasteiger partial charge in [-0.25, -0.2) is 9.59 Å². The number of piperazine rings is 1. The third-order valence-electron chi connectivity index (χ3n) is 2.60. The van der Waals surface area contributed by atoms with Crippen molar-refractivity contribution in [2.45, 2.75) is 0 Å². The smallest absolute Gasteiger partial charge is 0.346 e. The molecule has 0 aliphatic carbocycles. The lowest BCUT2D eigenvalue weighted by Crippen LogP contribution is -2.49. The van der Waals surface area contributed by atoms with E-state index < -0.39 is 10.9 Å². The van der Waals surface area contributed by atoms with Crippen molar-refractivity contribution in [1.82, 2.24) is 15.5 Å². The predicted molar refractivity (Wildman–Crippen MR) is 76.8 cm³/mol. The highest BCUT2D eigenvalue weighted by Crippen LogP contribution is 2.23. The van der Waals surface area contributed by atoms with E-state index >= 15 is 0 Å². The molecule has 0 spiro atoms. The molecule has 1 aromatic heterocycles. The Morgan fingerprint density at radius 3 is 2.43 bits per heavy atom. The van der Waals surface area contributed by atoms with Crippen LogP contribution in [0.2, 0.25) is 0 Å². The van der Waals surface area contributed by atoms with Gasteiger partial charge in [0, 0.05) is 39.3 Å². The van der Waals surface area contributed by atoms with E-state index in [1.165, 1.54) is 12.1 Å². The molecular formula is C11H16N4O5S. The summed E-state index contributed by atoms with van der Waals surface area (Å²) in [7, 11) is 1.66. The maximum Gasteiger partial charge on any atom is 0.346 e. The van der Waals surface area contributed by atoms with Crippen LogP contribution >= 0.6 is 11.3 Å². The number of hydrogen-bond acceptors (Lipinski definition) is 6. The Morgan fingerprint density at radius 2 is 2.05 bits per heavy atom. The normalized spacial score (nSPS) is 13.9. The van der Waals surface area contributed by atoms with E-state index in [2.05, 4.69) is 10.6 Å². The molecule has 2 rings (SSSR count). The number of hydrogen-bond donors (Lipinski definition) is 3. The number of amides is 2. The minimum absolute atomic E-state index is 0.0169. The molecule has 10 heteroatoms. The van der Waals surface area contributed by atoms with Gasteiger partial charge >= 0.3 is 17.0 Å². The molecule has 2 heterocycles. The van der Waals surface area contributed by atoms with E-state index in [9.17, 15) is 19.7 Å². The molecule has 116 valence electrons. The first-order valence-corrected chi connectivity index (χ1v) is 6.92. The third-order valence-corrected chi connectivity index (χ3v) is 3.63. The van der Waals surface area contributed by atoms with Gasteiger partial charge in [0.2, 0.25) is 0 Å².